The van der Waals surface area contributed by atoms with Crippen LogP contribution in [-0.2, 0) is 9.53 Å². The van der Waals surface area contributed by atoms with E-state index in [0.717, 1.165) is 6.42 Å². The molecule has 0 fully saturated rings. The first kappa shape index (κ1) is 15.3. The van der Waals surface area contributed by atoms with Crippen molar-refractivity contribution in [1.29, 1.82) is 0 Å². The van der Waals surface area contributed by atoms with Gasteiger partial charge in [-0.3, -0.25) is 4.79 Å². The molecule has 0 radical (unpaired) electrons. The van der Waals surface area contributed by atoms with Crippen LogP contribution < -0.4 is 11.1 Å². The van der Waals surface area contributed by atoms with Crippen LogP contribution in [0.1, 0.15) is 33.6 Å². The van der Waals surface area contributed by atoms with Crippen LogP contribution in [0.25, 0.3) is 0 Å². The number of amides is 1. The second kappa shape index (κ2) is 6.81. The van der Waals surface area contributed by atoms with E-state index in [1.807, 2.05) is 20.8 Å². The molecule has 16 heavy (non-hydrogen) atoms. The van der Waals surface area contributed by atoms with Crippen molar-refractivity contribution in [2.45, 2.75) is 39.2 Å². The first-order valence-electron chi connectivity index (χ1n) is 5.46. The lowest BCUT2D eigenvalue weighted by Crippen LogP contribution is -2.44. The molecule has 1 unspecified atom stereocenters. The molecule has 0 bridgehead atoms. The summed E-state index contributed by atoms with van der Waals surface area (Å²) >= 11 is 4.88. The fraction of sp³-hybridized carbons (Fsp3) is 0.818. The van der Waals surface area contributed by atoms with Crippen molar-refractivity contribution in [3.05, 3.63) is 0 Å². The molecule has 0 spiro atoms. The van der Waals surface area contributed by atoms with Crippen molar-refractivity contribution in [3.8, 4) is 0 Å². The van der Waals surface area contributed by atoms with Gasteiger partial charge < -0.3 is 15.8 Å². The van der Waals surface area contributed by atoms with Crippen LogP contribution in [0.2, 0.25) is 0 Å². The molecule has 0 aliphatic rings. The third-order valence-corrected chi connectivity index (χ3v) is 2.76. The smallest absolute Gasteiger partial charge is 0.230 e. The van der Waals surface area contributed by atoms with Crippen LogP contribution >= 0.6 is 12.2 Å². The fourth-order valence-electron chi connectivity index (χ4n) is 1.19. The largest absolute Gasteiger partial charge is 0.393 e. The molecule has 3 N–H and O–H groups in total. The molecule has 0 saturated heterocycles. The molecule has 94 valence electrons. The Morgan fingerprint density at radius 1 is 1.56 bits per heavy atom. The Morgan fingerprint density at radius 2 is 2.12 bits per heavy atom. The molecule has 0 heterocycles. The Hall–Kier alpha value is -0.680. The molecule has 0 aromatic heterocycles. The summed E-state index contributed by atoms with van der Waals surface area (Å²) in [6.07, 6.45) is 1.57. The molecule has 5 heteroatoms. The number of carbonyl (C=O) groups excluding carboxylic acids is 1. The second-order valence-corrected chi connectivity index (χ2v) is 4.90. The first-order chi connectivity index (χ1) is 7.34. The highest BCUT2D eigenvalue weighted by molar-refractivity contribution is 7.80. The summed E-state index contributed by atoms with van der Waals surface area (Å²) in [5.74, 6) is -0.480. The average Bonchev–Trinajstić information content (AvgIpc) is 2.22. The van der Waals surface area contributed by atoms with E-state index in [2.05, 4.69) is 5.32 Å². The molecule has 0 aliphatic carbocycles. The molecule has 0 aliphatic heterocycles. The summed E-state index contributed by atoms with van der Waals surface area (Å²) in [7, 11) is 1.61. The normalized spacial score (nSPS) is 13.2. The number of rotatable bonds is 7. The van der Waals surface area contributed by atoms with Crippen molar-refractivity contribution >= 4 is 23.1 Å². The van der Waals surface area contributed by atoms with Crippen molar-refractivity contribution in [3.63, 3.8) is 0 Å². The number of hydrogen-bond donors (Lipinski definition) is 2. The van der Waals surface area contributed by atoms with E-state index in [1.54, 1.807) is 7.11 Å². The minimum Gasteiger partial charge on any atom is -0.393 e. The molecular weight excluding hydrogens is 224 g/mol. The van der Waals surface area contributed by atoms with E-state index in [-0.39, 0.29) is 22.4 Å². The molecule has 1 amide bonds. The third-order valence-electron chi connectivity index (χ3n) is 2.48. The average molecular weight is 246 g/mol. The third kappa shape index (κ3) is 5.42. The topological polar surface area (TPSA) is 64.3 Å². The summed E-state index contributed by atoms with van der Waals surface area (Å²) in [6, 6.07) is 0. The molecule has 0 rings (SSSR count). The van der Waals surface area contributed by atoms with Gasteiger partial charge >= 0.3 is 0 Å². The van der Waals surface area contributed by atoms with Gasteiger partial charge in [-0.05, 0) is 20.3 Å². The summed E-state index contributed by atoms with van der Waals surface area (Å²) < 4.78 is 5.21. The minimum absolute atomic E-state index is 0.112. The predicted octanol–water partition coefficient (Wildman–Crippen LogP) is 1.23. The van der Waals surface area contributed by atoms with E-state index < -0.39 is 0 Å². The SMILES string of the molecule is CCCC(C(=O)NCC(C)(C)OC)C(N)=S. The van der Waals surface area contributed by atoms with Crippen molar-refractivity contribution in [2.75, 3.05) is 13.7 Å². The number of nitrogens with one attached hydrogen (secondary N) is 1. The number of methoxy groups -OCH3 is 1. The van der Waals surface area contributed by atoms with Gasteiger partial charge in [-0.1, -0.05) is 25.6 Å². The Kier molecular flexibility index (Phi) is 6.52. The Balaban J connectivity index is 4.27. The summed E-state index contributed by atoms with van der Waals surface area (Å²) in [5.41, 5.74) is 5.16. The van der Waals surface area contributed by atoms with Crippen LogP contribution in [-0.4, -0.2) is 30.2 Å². The van der Waals surface area contributed by atoms with Gasteiger partial charge in [0.05, 0.1) is 16.5 Å². The van der Waals surface area contributed by atoms with E-state index in [1.165, 1.54) is 0 Å². The van der Waals surface area contributed by atoms with Crippen LogP contribution in [0.3, 0.4) is 0 Å². The Bertz CT molecular complexity index is 254. The fourth-order valence-corrected chi connectivity index (χ4v) is 1.41. The maximum absolute atomic E-state index is 11.8. The van der Waals surface area contributed by atoms with Crippen LogP contribution in [0.4, 0.5) is 0 Å². The number of hydrogen-bond acceptors (Lipinski definition) is 3. The summed E-state index contributed by atoms with van der Waals surface area (Å²) in [4.78, 5) is 12.1. The van der Waals surface area contributed by atoms with Crippen LogP contribution in [0.5, 0.6) is 0 Å². The molecule has 0 aromatic carbocycles. The minimum atomic E-state index is -0.372. The van der Waals surface area contributed by atoms with Crippen molar-refractivity contribution in [2.24, 2.45) is 11.7 Å². The van der Waals surface area contributed by atoms with Gasteiger partial charge in [0, 0.05) is 13.7 Å². The zero-order valence-corrected chi connectivity index (χ0v) is 11.3. The predicted molar refractivity (Wildman–Crippen MR) is 69.3 cm³/mol. The summed E-state index contributed by atoms with van der Waals surface area (Å²) in [5, 5.41) is 2.81. The highest BCUT2D eigenvalue weighted by atomic mass is 32.1. The lowest BCUT2D eigenvalue weighted by Gasteiger charge is -2.24. The second-order valence-electron chi connectivity index (χ2n) is 4.43. The number of thiocarbonyl (C=S) groups is 1. The first-order valence-corrected chi connectivity index (χ1v) is 5.87. The zero-order valence-electron chi connectivity index (χ0n) is 10.5. The van der Waals surface area contributed by atoms with Gasteiger partial charge in [0.2, 0.25) is 5.91 Å². The van der Waals surface area contributed by atoms with Gasteiger partial charge in [0.25, 0.3) is 0 Å². The van der Waals surface area contributed by atoms with Gasteiger partial charge in [0.15, 0.2) is 0 Å². The van der Waals surface area contributed by atoms with Gasteiger partial charge in [0.1, 0.15) is 0 Å². The van der Waals surface area contributed by atoms with E-state index in [9.17, 15) is 4.79 Å². The number of carbonyl (C=O) groups is 1. The highest BCUT2D eigenvalue weighted by Crippen LogP contribution is 2.09. The summed E-state index contributed by atoms with van der Waals surface area (Å²) in [6.45, 7) is 6.26. The quantitative estimate of drug-likeness (QED) is 0.663. The maximum atomic E-state index is 11.8. The Morgan fingerprint density at radius 3 is 2.50 bits per heavy atom. The Labute approximate surface area is 103 Å². The maximum Gasteiger partial charge on any atom is 0.230 e. The van der Waals surface area contributed by atoms with Crippen molar-refractivity contribution < 1.29 is 9.53 Å². The number of ether oxygens (including phenoxy) is 1. The van der Waals surface area contributed by atoms with Gasteiger partial charge in [-0.25, -0.2) is 0 Å². The lowest BCUT2D eigenvalue weighted by atomic mass is 10.0. The monoisotopic (exact) mass is 246 g/mol. The standard InChI is InChI=1S/C11H22N2O2S/c1-5-6-8(9(12)16)10(14)13-7-11(2,3)15-4/h8H,5-7H2,1-4H3,(H2,12,16)(H,13,14). The zero-order chi connectivity index (χ0) is 12.8. The van der Waals surface area contributed by atoms with Crippen molar-refractivity contribution in [1.82, 2.24) is 5.32 Å². The molecule has 0 aromatic rings. The molecule has 4 nitrogen and oxygen atoms in total. The highest BCUT2D eigenvalue weighted by Gasteiger charge is 2.23. The molecular formula is C11H22N2O2S. The number of nitrogens with two attached hydrogens (primary N) is 1. The molecule has 1 atom stereocenters. The van der Waals surface area contributed by atoms with E-state index in [0.29, 0.717) is 13.0 Å². The van der Waals surface area contributed by atoms with Gasteiger partial charge in [-0.2, -0.15) is 0 Å². The lowest BCUT2D eigenvalue weighted by molar-refractivity contribution is -0.124. The van der Waals surface area contributed by atoms with E-state index in [4.69, 9.17) is 22.7 Å². The molecule has 0 saturated carbocycles. The van der Waals surface area contributed by atoms with Crippen LogP contribution in [0.15, 0.2) is 0 Å². The van der Waals surface area contributed by atoms with Crippen LogP contribution in [0, 0.1) is 5.92 Å². The van der Waals surface area contributed by atoms with E-state index >= 15 is 0 Å². The van der Waals surface area contributed by atoms with Gasteiger partial charge in [-0.15, -0.1) is 0 Å².